The molecule has 0 aromatic carbocycles. The van der Waals surface area contributed by atoms with E-state index < -0.39 is 0 Å². The van der Waals surface area contributed by atoms with Crippen LogP contribution in [0.2, 0.25) is 5.15 Å². The van der Waals surface area contributed by atoms with Gasteiger partial charge in [0.05, 0.1) is 18.4 Å². The first-order valence-electron chi connectivity index (χ1n) is 4.85. The van der Waals surface area contributed by atoms with Crippen LogP contribution in [-0.2, 0) is 9.47 Å². The molecule has 1 heterocycles. The highest BCUT2D eigenvalue weighted by Crippen LogP contribution is 2.18. The number of nitrogens with two attached hydrogens (primary N) is 1. The number of nitrogens with one attached hydrogen (secondary N) is 1. The minimum Gasteiger partial charge on any atom is -0.396 e. The Hall–Kier alpha value is -1.04. The van der Waals surface area contributed by atoms with Gasteiger partial charge in [0.25, 0.3) is 0 Å². The van der Waals surface area contributed by atoms with Crippen molar-refractivity contribution in [1.82, 2.24) is 4.98 Å². The van der Waals surface area contributed by atoms with Gasteiger partial charge in [-0.1, -0.05) is 11.6 Å². The average molecular weight is 246 g/mol. The van der Waals surface area contributed by atoms with E-state index in [1.54, 1.807) is 26.4 Å². The summed E-state index contributed by atoms with van der Waals surface area (Å²) in [7, 11) is 3.25. The Bertz CT molecular complexity index is 336. The van der Waals surface area contributed by atoms with E-state index in [-0.39, 0.29) is 6.10 Å². The molecule has 6 heteroatoms. The first kappa shape index (κ1) is 13.0. The summed E-state index contributed by atoms with van der Waals surface area (Å²) >= 11 is 5.76. The Kier molecular flexibility index (Phi) is 5.31. The van der Waals surface area contributed by atoms with Gasteiger partial charge in [0.15, 0.2) is 5.82 Å². The van der Waals surface area contributed by atoms with Crippen molar-refractivity contribution in [3.8, 4) is 0 Å². The lowest BCUT2D eigenvalue weighted by molar-refractivity contribution is 0.0365. The molecule has 0 amide bonds. The molecule has 3 N–H and O–H groups in total. The lowest BCUT2D eigenvalue weighted by Crippen LogP contribution is -2.27. The molecular formula is C10H16ClN3O2. The van der Waals surface area contributed by atoms with Crippen LogP contribution in [0.25, 0.3) is 0 Å². The zero-order valence-electron chi connectivity index (χ0n) is 9.37. The molecule has 1 rings (SSSR count). The van der Waals surface area contributed by atoms with Crippen LogP contribution in [0.15, 0.2) is 12.1 Å². The van der Waals surface area contributed by atoms with Gasteiger partial charge in [0, 0.05) is 20.8 Å². The molecule has 1 aromatic heterocycles. The third kappa shape index (κ3) is 3.84. The molecule has 0 aliphatic heterocycles. The molecule has 0 fully saturated rings. The molecule has 0 saturated heterocycles. The van der Waals surface area contributed by atoms with Gasteiger partial charge >= 0.3 is 0 Å². The van der Waals surface area contributed by atoms with Crippen LogP contribution in [0.4, 0.5) is 11.5 Å². The predicted octanol–water partition coefficient (Wildman–Crippen LogP) is 1.39. The van der Waals surface area contributed by atoms with Gasteiger partial charge in [-0.2, -0.15) is 0 Å². The lowest BCUT2D eigenvalue weighted by atomic mass is 10.3. The molecule has 0 spiro atoms. The van der Waals surface area contributed by atoms with Crippen LogP contribution in [0.1, 0.15) is 0 Å². The zero-order valence-corrected chi connectivity index (χ0v) is 10.1. The largest absolute Gasteiger partial charge is 0.396 e. The van der Waals surface area contributed by atoms with Crippen molar-refractivity contribution in [2.75, 3.05) is 38.4 Å². The Morgan fingerprint density at radius 1 is 1.50 bits per heavy atom. The third-order valence-electron chi connectivity index (χ3n) is 2.08. The van der Waals surface area contributed by atoms with Crippen LogP contribution in [0, 0.1) is 0 Å². The number of hydrogen-bond donors (Lipinski definition) is 2. The number of nitrogens with zero attached hydrogens (tertiary/aromatic N) is 1. The molecule has 1 atom stereocenters. The number of anilines is 2. The molecule has 1 unspecified atom stereocenters. The van der Waals surface area contributed by atoms with Gasteiger partial charge in [0.1, 0.15) is 5.15 Å². The van der Waals surface area contributed by atoms with Crippen LogP contribution in [0.5, 0.6) is 0 Å². The van der Waals surface area contributed by atoms with E-state index in [0.717, 1.165) is 0 Å². The molecule has 0 aliphatic carbocycles. The molecule has 5 nitrogen and oxygen atoms in total. The Morgan fingerprint density at radius 3 is 2.88 bits per heavy atom. The minimum atomic E-state index is -0.0508. The van der Waals surface area contributed by atoms with Crippen molar-refractivity contribution in [2.24, 2.45) is 0 Å². The standard InChI is InChI=1S/C10H16ClN3O2/c1-15-6-7(16-2)5-13-10-8(12)3-4-9(11)14-10/h3-4,7H,5-6,12H2,1-2H3,(H,13,14). The van der Waals surface area contributed by atoms with Crippen LogP contribution < -0.4 is 11.1 Å². The number of hydrogen-bond acceptors (Lipinski definition) is 5. The summed E-state index contributed by atoms with van der Waals surface area (Å²) in [6.45, 7) is 1.06. The molecule has 90 valence electrons. The van der Waals surface area contributed by atoms with Gasteiger partial charge in [-0.05, 0) is 12.1 Å². The molecular weight excluding hydrogens is 230 g/mol. The normalized spacial score (nSPS) is 12.4. The fourth-order valence-electron chi connectivity index (χ4n) is 1.19. The number of nitrogen functional groups attached to an aromatic ring is 1. The fraction of sp³-hybridized carbons (Fsp3) is 0.500. The lowest BCUT2D eigenvalue weighted by Gasteiger charge is -2.16. The van der Waals surface area contributed by atoms with Crippen molar-refractivity contribution < 1.29 is 9.47 Å². The second-order valence-corrected chi connectivity index (χ2v) is 3.65. The number of halogens is 1. The summed E-state index contributed by atoms with van der Waals surface area (Å²) in [4.78, 5) is 4.07. The van der Waals surface area contributed by atoms with E-state index in [1.807, 2.05) is 0 Å². The van der Waals surface area contributed by atoms with Crippen molar-refractivity contribution >= 4 is 23.1 Å². The van der Waals surface area contributed by atoms with E-state index in [0.29, 0.717) is 29.8 Å². The highest BCUT2D eigenvalue weighted by Gasteiger charge is 2.08. The number of pyridine rings is 1. The highest BCUT2D eigenvalue weighted by atomic mass is 35.5. The van der Waals surface area contributed by atoms with Gasteiger partial charge in [-0.3, -0.25) is 0 Å². The smallest absolute Gasteiger partial charge is 0.151 e. The molecule has 0 saturated carbocycles. The van der Waals surface area contributed by atoms with E-state index in [2.05, 4.69) is 10.3 Å². The van der Waals surface area contributed by atoms with Crippen molar-refractivity contribution in [3.05, 3.63) is 17.3 Å². The van der Waals surface area contributed by atoms with Crippen LogP contribution >= 0.6 is 11.6 Å². The molecule has 0 aliphatic rings. The van der Waals surface area contributed by atoms with Crippen molar-refractivity contribution in [1.29, 1.82) is 0 Å². The molecule has 0 radical (unpaired) electrons. The summed E-state index contributed by atoms with van der Waals surface area (Å²) in [6, 6.07) is 3.35. The minimum absolute atomic E-state index is 0.0508. The molecule has 16 heavy (non-hydrogen) atoms. The van der Waals surface area contributed by atoms with Gasteiger partial charge in [-0.25, -0.2) is 4.98 Å². The van der Waals surface area contributed by atoms with Crippen molar-refractivity contribution in [3.63, 3.8) is 0 Å². The quantitative estimate of drug-likeness (QED) is 0.742. The summed E-state index contributed by atoms with van der Waals surface area (Å²) in [5.41, 5.74) is 6.29. The maximum absolute atomic E-state index is 5.76. The average Bonchev–Trinajstić information content (AvgIpc) is 2.28. The van der Waals surface area contributed by atoms with Gasteiger partial charge < -0.3 is 20.5 Å². The van der Waals surface area contributed by atoms with E-state index in [9.17, 15) is 0 Å². The zero-order chi connectivity index (χ0) is 12.0. The number of rotatable bonds is 6. The first-order valence-corrected chi connectivity index (χ1v) is 5.22. The number of methoxy groups -OCH3 is 2. The summed E-state index contributed by atoms with van der Waals surface area (Å²) in [5, 5.41) is 3.46. The summed E-state index contributed by atoms with van der Waals surface area (Å²) in [5.74, 6) is 0.561. The topological polar surface area (TPSA) is 69.4 Å². The Morgan fingerprint density at radius 2 is 2.25 bits per heavy atom. The van der Waals surface area contributed by atoms with E-state index in [1.165, 1.54) is 0 Å². The summed E-state index contributed by atoms with van der Waals surface area (Å²) in [6.07, 6.45) is -0.0508. The third-order valence-corrected chi connectivity index (χ3v) is 2.29. The maximum atomic E-state index is 5.76. The van der Waals surface area contributed by atoms with E-state index in [4.69, 9.17) is 26.8 Å². The number of aromatic nitrogens is 1. The predicted molar refractivity (Wildman–Crippen MR) is 64.8 cm³/mol. The Balaban J connectivity index is 2.55. The second-order valence-electron chi connectivity index (χ2n) is 3.27. The van der Waals surface area contributed by atoms with E-state index >= 15 is 0 Å². The van der Waals surface area contributed by atoms with Crippen molar-refractivity contribution in [2.45, 2.75) is 6.10 Å². The first-order chi connectivity index (χ1) is 7.67. The van der Waals surface area contributed by atoms with Gasteiger partial charge in [-0.15, -0.1) is 0 Å². The van der Waals surface area contributed by atoms with Gasteiger partial charge in [0.2, 0.25) is 0 Å². The Labute approximate surface area is 99.9 Å². The fourth-order valence-corrected chi connectivity index (χ4v) is 1.34. The molecule has 0 bridgehead atoms. The monoisotopic (exact) mass is 245 g/mol. The SMILES string of the molecule is COCC(CNc1nc(Cl)ccc1N)OC. The summed E-state index contributed by atoms with van der Waals surface area (Å²) < 4.78 is 10.2. The second kappa shape index (κ2) is 6.52. The maximum Gasteiger partial charge on any atom is 0.151 e. The van der Waals surface area contributed by atoms with Crippen LogP contribution in [0.3, 0.4) is 0 Å². The van der Waals surface area contributed by atoms with Crippen LogP contribution in [-0.4, -0.2) is 38.5 Å². The number of ether oxygens (including phenoxy) is 2. The molecule has 1 aromatic rings. The highest BCUT2D eigenvalue weighted by molar-refractivity contribution is 6.29.